The molecule has 2 aromatic carbocycles. The summed E-state index contributed by atoms with van der Waals surface area (Å²) in [5.74, 6) is -2.91. The molecule has 0 fully saturated rings. The van der Waals surface area contributed by atoms with Gasteiger partial charge in [0.1, 0.15) is 18.3 Å². The average Bonchev–Trinajstić information content (AvgIpc) is 2.83. The molecule has 2 rings (SSSR count). The first kappa shape index (κ1) is 27.2. The van der Waals surface area contributed by atoms with E-state index in [-0.39, 0.29) is 38.0 Å². The van der Waals surface area contributed by atoms with E-state index >= 15 is 4.39 Å². The van der Waals surface area contributed by atoms with Crippen molar-refractivity contribution < 1.29 is 32.5 Å². The molecule has 0 aliphatic rings. The van der Waals surface area contributed by atoms with Gasteiger partial charge in [0, 0.05) is 25.3 Å². The number of benzene rings is 2. The van der Waals surface area contributed by atoms with Crippen molar-refractivity contribution in [3.63, 3.8) is 0 Å². The fraction of sp³-hybridized carbons (Fsp3) is 0.417. The van der Waals surface area contributed by atoms with Gasteiger partial charge < -0.3 is 30.0 Å². The van der Waals surface area contributed by atoms with Crippen molar-refractivity contribution >= 4 is 11.7 Å². The van der Waals surface area contributed by atoms with Crippen LogP contribution >= 0.6 is 0 Å². The highest BCUT2D eigenvalue weighted by Crippen LogP contribution is 2.30. The number of nitrogens with two attached hydrogens (primary N) is 1. The van der Waals surface area contributed by atoms with Crippen LogP contribution in [0.2, 0.25) is 0 Å². The first-order chi connectivity index (χ1) is 16.4. The van der Waals surface area contributed by atoms with Crippen molar-refractivity contribution in [3.05, 3.63) is 64.7 Å². The van der Waals surface area contributed by atoms with Crippen LogP contribution in [-0.2, 0) is 25.5 Å². The van der Waals surface area contributed by atoms with Crippen LogP contribution in [0.5, 0.6) is 5.75 Å². The third-order valence-electron chi connectivity index (χ3n) is 4.72. The number of carbonyl (C=O) groups is 1. The van der Waals surface area contributed by atoms with Gasteiger partial charge in [0.2, 0.25) is 0 Å². The molecule has 0 aromatic heterocycles. The minimum Gasteiger partial charge on any atom is -0.488 e. The summed E-state index contributed by atoms with van der Waals surface area (Å²) in [5, 5.41) is 10.0. The van der Waals surface area contributed by atoms with Gasteiger partial charge in [0.15, 0.2) is 17.7 Å². The van der Waals surface area contributed by atoms with Crippen LogP contribution < -0.4 is 15.8 Å². The van der Waals surface area contributed by atoms with Gasteiger partial charge in [-0.3, -0.25) is 10.2 Å². The number of carbonyl (C=O) groups excluding carboxylic acids is 1. The molecule has 0 saturated carbocycles. The normalized spacial score (nSPS) is 11.8. The molecule has 0 bridgehead atoms. The fourth-order valence-electron chi connectivity index (χ4n) is 3.02. The zero-order chi connectivity index (χ0) is 24.9. The minimum atomic E-state index is -1.51. The molecule has 2 aromatic rings. The van der Waals surface area contributed by atoms with Crippen LogP contribution in [-0.4, -0.2) is 51.4 Å². The van der Waals surface area contributed by atoms with Crippen molar-refractivity contribution in [2.24, 2.45) is 5.73 Å². The van der Waals surface area contributed by atoms with Gasteiger partial charge in [0.25, 0.3) is 5.91 Å². The highest BCUT2D eigenvalue weighted by Gasteiger charge is 2.29. The topological polar surface area (TPSA) is 116 Å². The fourth-order valence-corrected chi connectivity index (χ4v) is 3.02. The van der Waals surface area contributed by atoms with Crippen LogP contribution in [0.15, 0.2) is 36.4 Å². The number of ether oxygens (including phenoxy) is 4. The van der Waals surface area contributed by atoms with E-state index < -0.39 is 29.2 Å². The van der Waals surface area contributed by atoms with Gasteiger partial charge in [-0.25, -0.2) is 8.78 Å². The molecular formula is C24H31F2N3O5. The van der Waals surface area contributed by atoms with E-state index in [9.17, 15) is 9.18 Å². The lowest BCUT2D eigenvalue weighted by molar-refractivity contribution is -0.133. The van der Waals surface area contributed by atoms with Crippen molar-refractivity contribution in [3.8, 4) is 5.75 Å². The van der Waals surface area contributed by atoms with Gasteiger partial charge in [-0.15, -0.1) is 0 Å². The molecule has 0 unspecified atom stereocenters. The van der Waals surface area contributed by atoms with Crippen LogP contribution in [0.25, 0.3) is 0 Å². The summed E-state index contributed by atoms with van der Waals surface area (Å²) in [7, 11) is 0. The van der Waals surface area contributed by atoms with Crippen LogP contribution in [0.4, 0.5) is 8.78 Å². The summed E-state index contributed by atoms with van der Waals surface area (Å²) < 4.78 is 50.9. The molecule has 0 heterocycles. The second kappa shape index (κ2) is 14.2. The number of amides is 1. The second-order valence-electron chi connectivity index (χ2n) is 7.09. The number of hydrogen-bond donors (Lipinski definition) is 3. The number of amidine groups is 1. The lowest BCUT2D eigenvalue weighted by Gasteiger charge is -2.20. The Hall–Kier alpha value is -3.08. The lowest BCUT2D eigenvalue weighted by atomic mass is 10.1. The lowest BCUT2D eigenvalue weighted by Crippen LogP contribution is -2.32. The Kier molecular flexibility index (Phi) is 11.4. The Balaban J connectivity index is 2.05. The average molecular weight is 480 g/mol. The standard InChI is InChI=1S/C24H31F2N3O5/c1-3-31-11-12-32-13-14-34-19-10-9-18(25)20(21(19)26)22(33-4-2)24(30)29-15-16-5-7-17(8-6-16)23(27)28/h5-10,22H,3-4,11-15H2,1-2H3,(H3,27,28)(H,29,30)/t22-/m0/s1. The molecule has 0 radical (unpaired) electrons. The van der Waals surface area contributed by atoms with Gasteiger partial charge in [0.05, 0.1) is 25.4 Å². The van der Waals surface area contributed by atoms with Gasteiger partial charge in [-0.1, -0.05) is 24.3 Å². The SMILES string of the molecule is CCOCCOCCOc1ccc(F)c([C@H](OCC)C(=O)NCc2ccc(C(=N)N)cc2)c1F. The summed E-state index contributed by atoms with van der Waals surface area (Å²) in [4.78, 5) is 12.8. The molecule has 186 valence electrons. The quantitative estimate of drug-likeness (QED) is 0.205. The smallest absolute Gasteiger partial charge is 0.254 e. The summed E-state index contributed by atoms with van der Waals surface area (Å²) >= 11 is 0. The van der Waals surface area contributed by atoms with E-state index in [4.69, 9.17) is 30.1 Å². The van der Waals surface area contributed by atoms with E-state index in [1.165, 1.54) is 0 Å². The molecule has 0 aliphatic heterocycles. The van der Waals surface area contributed by atoms with Crippen LogP contribution in [0, 0.1) is 17.0 Å². The molecule has 10 heteroatoms. The number of rotatable bonds is 15. The Bertz CT molecular complexity index is 941. The summed E-state index contributed by atoms with van der Waals surface area (Å²) in [6, 6.07) is 8.86. The van der Waals surface area contributed by atoms with Gasteiger partial charge in [-0.05, 0) is 31.5 Å². The highest BCUT2D eigenvalue weighted by atomic mass is 19.1. The molecule has 1 amide bonds. The largest absolute Gasteiger partial charge is 0.488 e. The Morgan fingerprint density at radius 1 is 1.00 bits per heavy atom. The molecular weight excluding hydrogens is 448 g/mol. The van der Waals surface area contributed by atoms with Gasteiger partial charge >= 0.3 is 0 Å². The predicted octanol–water partition coefficient (Wildman–Crippen LogP) is 3.07. The summed E-state index contributed by atoms with van der Waals surface area (Å²) in [5.41, 5.74) is 6.17. The molecule has 4 N–H and O–H groups in total. The molecule has 0 saturated heterocycles. The second-order valence-corrected chi connectivity index (χ2v) is 7.09. The summed E-state index contributed by atoms with van der Waals surface area (Å²) in [6.07, 6.45) is -1.51. The number of halogens is 2. The molecule has 0 spiro atoms. The molecule has 8 nitrogen and oxygen atoms in total. The van der Waals surface area contributed by atoms with E-state index in [0.717, 1.165) is 17.7 Å². The zero-order valence-corrected chi connectivity index (χ0v) is 19.4. The number of nitrogens with one attached hydrogen (secondary N) is 2. The van der Waals surface area contributed by atoms with Crippen LogP contribution in [0.3, 0.4) is 0 Å². The molecule has 1 atom stereocenters. The number of nitrogen functional groups attached to an aromatic ring is 1. The third kappa shape index (κ3) is 8.05. The van der Waals surface area contributed by atoms with Crippen molar-refractivity contribution in [2.75, 3.05) is 39.6 Å². The minimum absolute atomic E-state index is 0.0376. The zero-order valence-electron chi connectivity index (χ0n) is 19.4. The Labute approximate surface area is 197 Å². The van der Waals surface area contributed by atoms with Gasteiger partial charge in [-0.2, -0.15) is 0 Å². The first-order valence-electron chi connectivity index (χ1n) is 11.0. The third-order valence-corrected chi connectivity index (χ3v) is 4.72. The summed E-state index contributed by atoms with van der Waals surface area (Å²) in [6.45, 7) is 5.28. The van der Waals surface area contributed by atoms with E-state index in [1.807, 2.05) is 6.92 Å². The van der Waals surface area contributed by atoms with E-state index in [1.54, 1.807) is 31.2 Å². The monoisotopic (exact) mass is 479 g/mol. The number of hydrogen-bond acceptors (Lipinski definition) is 6. The maximum Gasteiger partial charge on any atom is 0.254 e. The van der Waals surface area contributed by atoms with Crippen LogP contribution in [0.1, 0.15) is 36.6 Å². The van der Waals surface area contributed by atoms with E-state index in [0.29, 0.717) is 25.4 Å². The Morgan fingerprint density at radius 3 is 2.32 bits per heavy atom. The van der Waals surface area contributed by atoms with Crippen molar-refractivity contribution in [2.45, 2.75) is 26.5 Å². The van der Waals surface area contributed by atoms with E-state index in [2.05, 4.69) is 5.32 Å². The maximum absolute atomic E-state index is 15.1. The molecule has 34 heavy (non-hydrogen) atoms. The van der Waals surface area contributed by atoms with Crippen molar-refractivity contribution in [1.82, 2.24) is 5.32 Å². The highest BCUT2D eigenvalue weighted by molar-refractivity contribution is 5.94. The Morgan fingerprint density at radius 2 is 1.68 bits per heavy atom. The molecule has 0 aliphatic carbocycles. The predicted molar refractivity (Wildman–Crippen MR) is 123 cm³/mol. The first-order valence-corrected chi connectivity index (χ1v) is 11.0. The van der Waals surface area contributed by atoms with Crippen molar-refractivity contribution in [1.29, 1.82) is 5.41 Å². The maximum atomic E-state index is 15.1.